The topological polar surface area (TPSA) is 41.6 Å². The molecule has 1 aliphatic rings. The standard InChI is InChI=1S/C14H20N2O2/c1-16-8-7-12(10-16)14(17)15-9-11-5-3-4-6-13(11)18-2/h3-6,12H,7-10H2,1-2H3,(H,15,17). The Morgan fingerprint density at radius 1 is 1.50 bits per heavy atom. The zero-order chi connectivity index (χ0) is 13.0. The van der Waals surface area contributed by atoms with Crippen LogP contribution in [0, 0.1) is 5.92 Å². The van der Waals surface area contributed by atoms with Crippen LogP contribution in [0.5, 0.6) is 5.75 Å². The van der Waals surface area contributed by atoms with E-state index < -0.39 is 0 Å². The number of nitrogens with one attached hydrogen (secondary N) is 1. The summed E-state index contributed by atoms with van der Waals surface area (Å²) in [4.78, 5) is 14.2. The molecule has 4 heteroatoms. The normalized spacial score (nSPS) is 19.8. The van der Waals surface area contributed by atoms with Gasteiger partial charge in [-0.25, -0.2) is 0 Å². The number of methoxy groups -OCH3 is 1. The van der Waals surface area contributed by atoms with Crippen LogP contribution in [0.4, 0.5) is 0 Å². The third kappa shape index (κ3) is 3.01. The smallest absolute Gasteiger partial charge is 0.224 e. The molecule has 0 aliphatic carbocycles. The lowest BCUT2D eigenvalue weighted by molar-refractivity contribution is -0.124. The molecule has 1 N–H and O–H groups in total. The molecule has 1 atom stereocenters. The first-order valence-electron chi connectivity index (χ1n) is 6.29. The van der Waals surface area contributed by atoms with Gasteiger partial charge in [0, 0.05) is 18.7 Å². The van der Waals surface area contributed by atoms with Crippen molar-refractivity contribution in [2.45, 2.75) is 13.0 Å². The molecule has 0 radical (unpaired) electrons. The van der Waals surface area contributed by atoms with Crippen molar-refractivity contribution in [2.75, 3.05) is 27.2 Å². The second kappa shape index (κ2) is 5.87. The highest BCUT2D eigenvalue weighted by molar-refractivity contribution is 5.79. The predicted octanol–water partition coefficient (Wildman–Crippen LogP) is 1.26. The molecular weight excluding hydrogens is 228 g/mol. The van der Waals surface area contributed by atoms with Crippen LogP contribution in [0.1, 0.15) is 12.0 Å². The molecule has 1 heterocycles. The van der Waals surface area contributed by atoms with Crippen molar-refractivity contribution in [3.63, 3.8) is 0 Å². The van der Waals surface area contributed by atoms with Gasteiger partial charge in [-0.1, -0.05) is 18.2 Å². The number of para-hydroxylation sites is 1. The number of hydrogen-bond acceptors (Lipinski definition) is 3. The fraction of sp³-hybridized carbons (Fsp3) is 0.500. The van der Waals surface area contributed by atoms with Crippen molar-refractivity contribution >= 4 is 5.91 Å². The molecule has 1 amide bonds. The third-order valence-corrected chi connectivity index (χ3v) is 3.41. The monoisotopic (exact) mass is 248 g/mol. The van der Waals surface area contributed by atoms with Gasteiger partial charge in [0.05, 0.1) is 13.0 Å². The van der Waals surface area contributed by atoms with Gasteiger partial charge in [0.2, 0.25) is 5.91 Å². The van der Waals surface area contributed by atoms with E-state index in [2.05, 4.69) is 10.2 Å². The number of rotatable bonds is 4. The van der Waals surface area contributed by atoms with Gasteiger partial charge in [0.25, 0.3) is 0 Å². The average molecular weight is 248 g/mol. The first-order valence-corrected chi connectivity index (χ1v) is 6.29. The highest BCUT2D eigenvalue weighted by Crippen LogP contribution is 2.18. The maximum absolute atomic E-state index is 12.0. The van der Waals surface area contributed by atoms with Crippen molar-refractivity contribution in [2.24, 2.45) is 5.92 Å². The molecule has 0 aromatic heterocycles. The Morgan fingerprint density at radius 2 is 2.28 bits per heavy atom. The van der Waals surface area contributed by atoms with Crippen molar-refractivity contribution in [1.82, 2.24) is 10.2 Å². The Balaban J connectivity index is 1.89. The predicted molar refractivity (Wildman–Crippen MR) is 70.4 cm³/mol. The van der Waals surface area contributed by atoms with Crippen molar-refractivity contribution in [1.29, 1.82) is 0 Å². The summed E-state index contributed by atoms with van der Waals surface area (Å²) in [6.07, 6.45) is 0.953. The second-order valence-electron chi connectivity index (χ2n) is 4.78. The summed E-state index contributed by atoms with van der Waals surface area (Å²) >= 11 is 0. The van der Waals surface area contributed by atoms with Gasteiger partial charge < -0.3 is 15.0 Å². The van der Waals surface area contributed by atoms with Gasteiger partial charge >= 0.3 is 0 Å². The van der Waals surface area contributed by atoms with E-state index in [-0.39, 0.29) is 11.8 Å². The van der Waals surface area contributed by atoms with Crippen LogP contribution in [0.2, 0.25) is 0 Å². The quantitative estimate of drug-likeness (QED) is 0.872. The largest absolute Gasteiger partial charge is 0.496 e. The molecule has 1 aromatic rings. The number of likely N-dealkylation sites (tertiary alicyclic amines) is 1. The van der Waals surface area contributed by atoms with E-state index in [0.29, 0.717) is 6.54 Å². The lowest BCUT2D eigenvalue weighted by Gasteiger charge is -2.13. The molecule has 1 aliphatic heterocycles. The maximum Gasteiger partial charge on any atom is 0.224 e. The van der Waals surface area contributed by atoms with E-state index in [1.807, 2.05) is 31.3 Å². The molecule has 18 heavy (non-hydrogen) atoms. The summed E-state index contributed by atoms with van der Waals surface area (Å²) in [5, 5.41) is 2.99. The van der Waals surface area contributed by atoms with E-state index in [1.54, 1.807) is 7.11 Å². The van der Waals surface area contributed by atoms with Gasteiger partial charge in [0.1, 0.15) is 5.75 Å². The Morgan fingerprint density at radius 3 is 2.94 bits per heavy atom. The van der Waals surface area contributed by atoms with Gasteiger partial charge in [-0.15, -0.1) is 0 Å². The van der Waals surface area contributed by atoms with E-state index in [0.717, 1.165) is 30.8 Å². The number of nitrogens with zero attached hydrogens (tertiary/aromatic N) is 1. The zero-order valence-corrected chi connectivity index (χ0v) is 11.0. The Kier molecular flexibility index (Phi) is 4.20. The van der Waals surface area contributed by atoms with Crippen molar-refractivity contribution in [3.05, 3.63) is 29.8 Å². The SMILES string of the molecule is COc1ccccc1CNC(=O)C1CCN(C)C1. The molecule has 1 fully saturated rings. The van der Waals surface area contributed by atoms with E-state index >= 15 is 0 Å². The summed E-state index contributed by atoms with van der Waals surface area (Å²) in [6.45, 7) is 2.40. The zero-order valence-electron chi connectivity index (χ0n) is 11.0. The van der Waals surface area contributed by atoms with Crippen LogP contribution in [0.15, 0.2) is 24.3 Å². The van der Waals surface area contributed by atoms with Gasteiger partial charge in [-0.05, 0) is 26.1 Å². The fourth-order valence-corrected chi connectivity index (χ4v) is 2.32. The number of amides is 1. The molecule has 0 saturated carbocycles. The molecule has 0 bridgehead atoms. The minimum absolute atomic E-state index is 0.129. The van der Waals surface area contributed by atoms with Crippen molar-refractivity contribution in [3.8, 4) is 5.75 Å². The molecule has 1 aromatic carbocycles. The number of carbonyl (C=O) groups is 1. The second-order valence-corrected chi connectivity index (χ2v) is 4.78. The van der Waals surface area contributed by atoms with Gasteiger partial charge in [-0.3, -0.25) is 4.79 Å². The number of carbonyl (C=O) groups excluding carboxylic acids is 1. The van der Waals surface area contributed by atoms with Gasteiger partial charge in [-0.2, -0.15) is 0 Å². The van der Waals surface area contributed by atoms with Crippen LogP contribution in [-0.2, 0) is 11.3 Å². The lowest BCUT2D eigenvalue weighted by atomic mass is 10.1. The van der Waals surface area contributed by atoms with Crippen LogP contribution >= 0.6 is 0 Å². The Bertz CT molecular complexity index is 420. The van der Waals surface area contributed by atoms with Gasteiger partial charge in [0.15, 0.2) is 0 Å². The van der Waals surface area contributed by atoms with Crippen molar-refractivity contribution < 1.29 is 9.53 Å². The summed E-state index contributed by atoms with van der Waals surface area (Å²) in [5.74, 6) is 1.09. The molecule has 98 valence electrons. The van der Waals surface area contributed by atoms with Crippen LogP contribution < -0.4 is 10.1 Å². The van der Waals surface area contributed by atoms with E-state index in [9.17, 15) is 4.79 Å². The summed E-state index contributed by atoms with van der Waals surface area (Å²) in [5.41, 5.74) is 1.01. The summed E-state index contributed by atoms with van der Waals surface area (Å²) < 4.78 is 5.26. The maximum atomic E-state index is 12.0. The fourth-order valence-electron chi connectivity index (χ4n) is 2.32. The first kappa shape index (κ1) is 12.9. The minimum atomic E-state index is 0.129. The molecule has 1 saturated heterocycles. The number of benzene rings is 1. The molecule has 1 unspecified atom stereocenters. The Hall–Kier alpha value is -1.55. The Labute approximate surface area is 108 Å². The van der Waals surface area contributed by atoms with Crippen LogP contribution in [-0.4, -0.2) is 38.1 Å². The highest BCUT2D eigenvalue weighted by atomic mass is 16.5. The first-order chi connectivity index (χ1) is 8.70. The molecule has 0 spiro atoms. The summed E-state index contributed by atoms with van der Waals surface area (Å²) in [7, 11) is 3.69. The van der Waals surface area contributed by atoms with Crippen LogP contribution in [0.25, 0.3) is 0 Å². The molecular formula is C14H20N2O2. The minimum Gasteiger partial charge on any atom is -0.496 e. The molecule has 4 nitrogen and oxygen atoms in total. The highest BCUT2D eigenvalue weighted by Gasteiger charge is 2.25. The lowest BCUT2D eigenvalue weighted by Crippen LogP contribution is -2.31. The van der Waals surface area contributed by atoms with Crippen LogP contribution in [0.3, 0.4) is 0 Å². The molecule has 2 rings (SSSR count). The number of hydrogen-bond donors (Lipinski definition) is 1. The van der Waals surface area contributed by atoms with E-state index in [4.69, 9.17) is 4.74 Å². The van der Waals surface area contributed by atoms with E-state index in [1.165, 1.54) is 0 Å². The number of ether oxygens (including phenoxy) is 1. The summed E-state index contributed by atoms with van der Waals surface area (Å²) in [6, 6.07) is 7.76. The third-order valence-electron chi connectivity index (χ3n) is 3.41. The average Bonchev–Trinajstić information content (AvgIpc) is 2.83.